The summed E-state index contributed by atoms with van der Waals surface area (Å²) in [5.41, 5.74) is 0.984. The molecule has 0 fully saturated rings. The zero-order valence-electron chi connectivity index (χ0n) is 9.42. The molecule has 1 rings (SSSR count). The van der Waals surface area contributed by atoms with Crippen LogP contribution in [0.25, 0.3) is 0 Å². The third-order valence-corrected chi connectivity index (χ3v) is 2.85. The van der Waals surface area contributed by atoms with Gasteiger partial charge in [-0.15, -0.1) is 0 Å². The smallest absolute Gasteiger partial charge is 0.310 e. The van der Waals surface area contributed by atoms with E-state index in [0.717, 1.165) is 0 Å². The van der Waals surface area contributed by atoms with Gasteiger partial charge in [0, 0.05) is 0 Å². The van der Waals surface area contributed by atoms with E-state index < -0.39 is 17.7 Å². The van der Waals surface area contributed by atoms with E-state index in [1.165, 1.54) is 6.07 Å². The number of hydrogen-bond donors (Lipinski definition) is 1. The largest absolute Gasteiger partial charge is 0.481 e. The molecule has 0 aliphatic rings. The van der Waals surface area contributed by atoms with Crippen LogP contribution in [0.5, 0.6) is 0 Å². The minimum absolute atomic E-state index is 0.0192. The lowest BCUT2D eigenvalue weighted by atomic mass is 9.94. The number of aliphatic carboxylic acids is 1. The van der Waals surface area contributed by atoms with Gasteiger partial charge in [0.05, 0.1) is 10.9 Å². The molecule has 0 aliphatic carbocycles. The first-order valence-corrected chi connectivity index (χ1v) is 5.44. The molecule has 1 aromatic rings. The van der Waals surface area contributed by atoms with Gasteiger partial charge in [-0.1, -0.05) is 31.5 Å². The van der Waals surface area contributed by atoms with Crippen LogP contribution < -0.4 is 0 Å². The SMILES string of the molecule is CC(C)c1cc(C(C)C(=O)O)cc(Cl)c1F. The lowest BCUT2D eigenvalue weighted by Crippen LogP contribution is -2.09. The summed E-state index contributed by atoms with van der Waals surface area (Å²) in [5, 5.41) is 8.87. The average molecular weight is 245 g/mol. The Morgan fingerprint density at radius 3 is 2.38 bits per heavy atom. The molecule has 0 bridgehead atoms. The van der Waals surface area contributed by atoms with E-state index in [1.54, 1.807) is 13.0 Å². The Labute approximate surface area is 99.0 Å². The van der Waals surface area contributed by atoms with Gasteiger partial charge in [0.15, 0.2) is 0 Å². The molecule has 1 atom stereocenters. The number of benzene rings is 1. The van der Waals surface area contributed by atoms with E-state index in [1.807, 2.05) is 13.8 Å². The van der Waals surface area contributed by atoms with Gasteiger partial charge < -0.3 is 5.11 Å². The molecule has 1 aromatic carbocycles. The Morgan fingerprint density at radius 2 is 1.94 bits per heavy atom. The molecule has 0 saturated carbocycles. The Balaban J connectivity index is 3.29. The first kappa shape index (κ1) is 13.0. The van der Waals surface area contributed by atoms with Crippen molar-refractivity contribution in [2.45, 2.75) is 32.6 Å². The van der Waals surface area contributed by atoms with Crippen molar-refractivity contribution in [3.8, 4) is 0 Å². The molecule has 1 unspecified atom stereocenters. The number of halogens is 2. The van der Waals surface area contributed by atoms with Gasteiger partial charge in [0.1, 0.15) is 5.82 Å². The Morgan fingerprint density at radius 1 is 1.38 bits per heavy atom. The second-order valence-electron chi connectivity index (χ2n) is 4.12. The van der Waals surface area contributed by atoms with Crippen molar-refractivity contribution in [1.82, 2.24) is 0 Å². The van der Waals surface area contributed by atoms with Gasteiger partial charge in [0.2, 0.25) is 0 Å². The fraction of sp³-hybridized carbons (Fsp3) is 0.417. The van der Waals surface area contributed by atoms with Crippen LogP contribution in [0.1, 0.15) is 43.7 Å². The van der Waals surface area contributed by atoms with E-state index in [2.05, 4.69) is 0 Å². The highest BCUT2D eigenvalue weighted by Gasteiger charge is 2.19. The second kappa shape index (κ2) is 4.83. The van der Waals surface area contributed by atoms with Gasteiger partial charge in [-0.3, -0.25) is 4.79 Å². The zero-order valence-corrected chi connectivity index (χ0v) is 10.2. The Hall–Kier alpha value is -1.09. The number of carboxylic acid groups (broad SMARTS) is 1. The normalized spacial score (nSPS) is 12.9. The molecular formula is C12H14ClFO2. The first-order chi connectivity index (χ1) is 7.34. The molecule has 0 heterocycles. The third kappa shape index (κ3) is 2.53. The molecule has 16 heavy (non-hydrogen) atoms. The summed E-state index contributed by atoms with van der Waals surface area (Å²) in [5.74, 6) is -2.12. The standard InChI is InChI=1S/C12H14ClFO2/c1-6(2)9-4-8(7(3)12(15)16)5-10(13)11(9)14/h4-7H,1-3H3,(H,15,16). The summed E-state index contributed by atoms with van der Waals surface area (Å²) in [6.07, 6.45) is 0. The summed E-state index contributed by atoms with van der Waals surface area (Å²) >= 11 is 5.74. The van der Waals surface area contributed by atoms with Crippen molar-refractivity contribution >= 4 is 17.6 Å². The number of carbonyl (C=O) groups is 1. The zero-order chi connectivity index (χ0) is 12.5. The van der Waals surface area contributed by atoms with Crippen LogP contribution in [0, 0.1) is 5.82 Å². The van der Waals surface area contributed by atoms with Gasteiger partial charge in [-0.25, -0.2) is 4.39 Å². The van der Waals surface area contributed by atoms with Crippen molar-refractivity contribution in [2.24, 2.45) is 0 Å². The Kier molecular flexibility index (Phi) is 3.92. The van der Waals surface area contributed by atoms with Crippen LogP contribution in [-0.2, 0) is 4.79 Å². The van der Waals surface area contributed by atoms with Crippen LogP contribution in [0.2, 0.25) is 5.02 Å². The highest BCUT2D eigenvalue weighted by molar-refractivity contribution is 6.30. The van der Waals surface area contributed by atoms with Crippen LogP contribution in [0.4, 0.5) is 4.39 Å². The average Bonchev–Trinajstić information content (AvgIpc) is 2.20. The maximum Gasteiger partial charge on any atom is 0.310 e. The molecule has 4 heteroatoms. The molecule has 0 amide bonds. The minimum atomic E-state index is -0.947. The first-order valence-electron chi connectivity index (χ1n) is 5.06. The number of rotatable bonds is 3. The van der Waals surface area contributed by atoms with E-state index >= 15 is 0 Å². The van der Waals surface area contributed by atoms with Crippen LogP contribution in [-0.4, -0.2) is 11.1 Å². The van der Waals surface area contributed by atoms with Crippen LogP contribution in [0.15, 0.2) is 12.1 Å². The molecule has 0 radical (unpaired) electrons. The van der Waals surface area contributed by atoms with Crippen molar-refractivity contribution < 1.29 is 14.3 Å². The highest BCUT2D eigenvalue weighted by Crippen LogP contribution is 2.29. The quantitative estimate of drug-likeness (QED) is 0.878. The summed E-state index contributed by atoms with van der Waals surface area (Å²) in [6, 6.07) is 2.95. The molecule has 0 spiro atoms. The monoisotopic (exact) mass is 244 g/mol. The van der Waals surface area contributed by atoms with E-state index in [-0.39, 0.29) is 10.9 Å². The maximum atomic E-state index is 13.6. The van der Waals surface area contributed by atoms with Crippen LogP contribution >= 0.6 is 11.6 Å². The van der Waals surface area contributed by atoms with Gasteiger partial charge >= 0.3 is 5.97 Å². The van der Waals surface area contributed by atoms with Crippen molar-refractivity contribution in [1.29, 1.82) is 0 Å². The molecule has 88 valence electrons. The molecule has 0 aromatic heterocycles. The Bertz CT molecular complexity index is 416. The van der Waals surface area contributed by atoms with Crippen molar-refractivity contribution in [3.05, 3.63) is 34.1 Å². The maximum absolute atomic E-state index is 13.6. The fourth-order valence-corrected chi connectivity index (χ4v) is 1.68. The van der Waals surface area contributed by atoms with E-state index in [9.17, 15) is 9.18 Å². The van der Waals surface area contributed by atoms with Gasteiger partial charge in [0.25, 0.3) is 0 Å². The summed E-state index contributed by atoms with van der Waals surface area (Å²) in [6.45, 7) is 5.23. The number of carboxylic acids is 1. The lowest BCUT2D eigenvalue weighted by Gasteiger charge is -2.13. The van der Waals surface area contributed by atoms with Gasteiger partial charge in [-0.2, -0.15) is 0 Å². The summed E-state index contributed by atoms with van der Waals surface area (Å²) < 4.78 is 13.6. The summed E-state index contributed by atoms with van der Waals surface area (Å²) in [7, 11) is 0. The highest BCUT2D eigenvalue weighted by atomic mass is 35.5. The third-order valence-electron chi connectivity index (χ3n) is 2.57. The number of hydrogen-bond acceptors (Lipinski definition) is 1. The molecule has 1 N–H and O–H groups in total. The second-order valence-corrected chi connectivity index (χ2v) is 4.53. The topological polar surface area (TPSA) is 37.3 Å². The minimum Gasteiger partial charge on any atom is -0.481 e. The van der Waals surface area contributed by atoms with Crippen molar-refractivity contribution in [3.63, 3.8) is 0 Å². The van der Waals surface area contributed by atoms with Crippen molar-refractivity contribution in [2.75, 3.05) is 0 Å². The van der Waals surface area contributed by atoms with Gasteiger partial charge in [-0.05, 0) is 30.0 Å². The van der Waals surface area contributed by atoms with Crippen LogP contribution in [0.3, 0.4) is 0 Å². The molecule has 2 nitrogen and oxygen atoms in total. The summed E-state index contributed by atoms with van der Waals surface area (Å²) in [4.78, 5) is 10.8. The molecule has 0 saturated heterocycles. The lowest BCUT2D eigenvalue weighted by molar-refractivity contribution is -0.138. The molecular weight excluding hydrogens is 231 g/mol. The predicted octanol–water partition coefficient (Wildman–Crippen LogP) is 3.79. The molecule has 0 aliphatic heterocycles. The fourth-order valence-electron chi connectivity index (χ4n) is 1.44. The van der Waals surface area contributed by atoms with E-state index in [0.29, 0.717) is 11.1 Å². The predicted molar refractivity (Wildman–Crippen MR) is 61.5 cm³/mol. The van der Waals surface area contributed by atoms with E-state index in [4.69, 9.17) is 16.7 Å².